The van der Waals surface area contributed by atoms with Gasteiger partial charge in [-0.15, -0.1) is 0 Å². The van der Waals surface area contributed by atoms with E-state index in [1.807, 2.05) is 6.07 Å². The van der Waals surface area contributed by atoms with Crippen molar-refractivity contribution in [3.8, 4) is 0 Å². The number of aromatic nitrogens is 1. The summed E-state index contributed by atoms with van der Waals surface area (Å²) in [4.78, 5) is 42.8. The van der Waals surface area contributed by atoms with Gasteiger partial charge in [0.2, 0.25) is 0 Å². The average Bonchev–Trinajstić information content (AvgIpc) is 3.30. The SMILES string of the molecule is O=C(NCc1cccnc1)c1ccc2c(c1)C(=O)N(CC1CCCO1)C2=O. The van der Waals surface area contributed by atoms with Crippen molar-refractivity contribution < 1.29 is 19.1 Å². The highest BCUT2D eigenvalue weighted by Crippen LogP contribution is 2.26. The van der Waals surface area contributed by atoms with Crippen molar-refractivity contribution in [2.24, 2.45) is 0 Å². The molecule has 27 heavy (non-hydrogen) atoms. The summed E-state index contributed by atoms with van der Waals surface area (Å²) in [6.45, 7) is 1.26. The van der Waals surface area contributed by atoms with E-state index in [1.165, 1.54) is 11.0 Å². The molecule has 1 aromatic heterocycles. The van der Waals surface area contributed by atoms with Crippen LogP contribution in [-0.2, 0) is 11.3 Å². The maximum atomic E-state index is 12.7. The van der Waals surface area contributed by atoms with Crippen LogP contribution in [0.5, 0.6) is 0 Å². The topological polar surface area (TPSA) is 88.6 Å². The van der Waals surface area contributed by atoms with Gasteiger partial charge in [0, 0.05) is 31.1 Å². The number of carbonyl (C=O) groups is 3. The predicted octanol–water partition coefficient (Wildman–Crippen LogP) is 1.79. The lowest BCUT2D eigenvalue weighted by Gasteiger charge is -2.17. The quantitative estimate of drug-likeness (QED) is 0.816. The van der Waals surface area contributed by atoms with E-state index in [0.717, 1.165) is 18.4 Å². The molecule has 1 N–H and O–H groups in total. The van der Waals surface area contributed by atoms with Crippen LogP contribution < -0.4 is 5.32 Å². The average molecular weight is 365 g/mol. The van der Waals surface area contributed by atoms with E-state index in [9.17, 15) is 14.4 Å². The first kappa shape index (κ1) is 17.4. The number of benzene rings is 1. The van der Waals surface area contributed by atoms with E-state index >= 15 is 0 Å². The van der Waals surface area contributed by atoms with Gasteiger partial charge < -0.3 is 10.1 Å². The molecule has 3 amide bonds. The molecule has 1 unspecified atom stereocenters. The maximum absolute atomic E-state index is 12.7. The summed E-state index contributed by atoms with van der Waals surface area (Å²) in [5.74, 6) is -1.00. The van der Waals surface area contributed by atoms with Crippen LogP contribution in [-0.4, -0.2) is 46.9 Å². The predicted molar refractivity (Wildman–Crippen MR) is 96.2 cm³/mol. The second kappa shape index (κ2) is 7.28. The Balaban J connectivity index is 1.47. The third kappa shape index (κ3) is 3.46. The van der Waals surface area contributed by atoms with Gasteiger partial charge in [-0.25, -0.2) is 0 Å². The van der Waals surface area contributed by atoms with Crippen LogP contribution in [0.2, 0.25) is 0 Å². The third-order valence-electron chi connectivity index (χ3n) is 4.82. The Morgan fingerprint density at radius 3 is 2.81 bits per heavy atom. The molecule has 0 radical (unpaired) electrons. The van der Waals surface area contributed by atoms with Crippen molar-refractivity contribution in [3.63, 3.8) is 0 Å². The molecular formula is C20H19N3O4. The van der Waals surface area contributed by atoms with Gasteiger partial charge in [-0.05, 0) is 42.7 Å². The Hall–Kier alpha value is -3.06. The summed E-state index contributed by atoms with van der Waals surface area (Å²) in [6.07, 6.45) is 5.02. The normalized spacial score (nSPS) is 18.7. The summed E-state index contributed by atoms with van der Waals surface area (Å²) in [7, 11) is 0. The zero-order valence-electron chi connectivity index (χ0n) is 14.7. The van der Waals surface area contributed by atoms with Crippen LogP contribution >= 0.6 is 0 Å². The van der Waals surface area contributed by atoms with Crippen molar-refractivity contribution >= 4 is 17.7 Å². The summed E-state index contributed by atoms with van der Waals surface area (Å²) >= 11 is 0. The Morgan fingerprint density at radius 1 is 1.22 bits per heavy atom. The number of pyridine rings is 1. The van der Waals surface area contributed by atoms with Crippen molar-refractivity contribution in [2.75, 3.05) is 13.2 Å². The number of nitrogens with one attached hydrogen (secondary N) is 1. The van der Waals surface area contributed by atoms with Gasteiger partial charge in [-0.2, -0.15) is 0 Å². The number of ether oxygens (including phenoxy) is 1. The summed E-state index contributed by atoms with van der Waals surface area (Å²) in [6, 6.07) is 8.26. The highest BCUT2D eigenvalue weighted by Gasteiger charge is 2.37. The Bertz CT molecular complexity index is 891. The number of nitrogens with zero attached hydrogens (tertiary/aromatic N) is 2. The fraction of sp³-hybridized carbons (Fsp3) is 0.300. The second-order valence-electron chi connectivity index (χ2n) is 6.66. The Kier molecular flexibility index (Phi) is 4.68. The summed E-state index contributed by atoms with van der Waals surface area (Å²) < 4.78 is 5.53. The van der Waals surface area contributed by atoms with Crippen LogP contribution in [0.25, 0.3) is 0 Å². The second-order valence-corrected chi connectivity index (χ2v) is 6.66. The molecule has 2 aromatic rings. The summed E-state index contributed by atoms with van der Waals surface area (Å²) in [5.41, 5.74) is 1.83. The first-order valence-corrected chi connectivity index (χ1v) is 8.92. The van der Waals surface area contributed by atoms with Gasteiger partial charge in [0.05, 0.1) is 23.8 Å². The standard InChI is InChI=1S/C20H19N3O4/c24-18(22-11-13-3-1-7-21-10-13)14-5-6-16-17(9-14)20(26)23(19(16)25)12-15-4-2-8-27-15/h1,3,5-7,9-10,15H,2,4,8,11-12H2,(H,22,24). The monoisotopic (exact) mass is 365 g/mol. The molecule has 2 aliphatic rings. The van der Waals surface area contributed by atoms with Gasteiger partial charge in [0.1, 0.15) is 0 Å². The molecule has 1 aromatic carbocycles. The zero-order valence-corrected chi connectivity index (χ0v) is 14.7. The van der Waals surface area contributed by atoms with Gasteiger partial charge in [-0.3, -0.25) is 24.3 Å². The number of hydrogen-bond acceptors (Lipinski definition) is 5. The first-order valence-electron chi connectivity index (χ1n) is 8.92. The molecule has 1 atom stereocenters. The van der Waals surface area contributed by atoms with Gasteiger partial charge in [0.25, 0.3) is 17.7 Å². The van der Waals surface area contributed by atoms with Crippen LogP contribution in [0.15, 0.2) is 42.7 Å². The highest BCUT2D eigenvalue weighted by atomic mass is 16.5. The molecule has 2 aliphatic heterocycles. The van der Waals surface area contributed by atoms with Gasteiger partial charge in [-0.1, -0.05) is 6.07 Å². The Labute approximate surface area is 156 Å². The lowest BCUT2D eigenvalue weighted by molar-refractivity contribution is 0.0475. The van der Waals surface area contributed by atoms with E-state index in [1.54, 1.807) is 30.6 Å². The van der Waals surface area contributed by atoms with E-state index in [4.69, 9.17) is 4.74 Å². The number of carbonyl (C=O) groups excluding carboxylic acids is 3. The summed E-state index contributed by atoms with van der Waals surface area (Å²) in [5, 5.41) is 2.79. The minimum Gasteiger partial charge on any atom is -0.376 e. The number of fused-ring (bicyclic) bond motifs is 1. The van der Waals surface area contributed by atoms with Crippen molar-refractivity contribution in [1.82, 2.24) is 15.2 Å². The number of imide groups is 1. The minimum absolute atomic E-state index is 0.102. The fourth-order valence-corrected chi connectivity index (χ4v) is 3.38. The molecule has 3 heterocycles. The smallest absolute Gasteiger partial charge is 0.261 e. The Morgan fingerprint density at radius 2 is 2.07 bits per heavy atom. The van der Waals surface area contributed by atoms with Crippen LogP contribution in [0.1, 0.15) is 49.5 Å². The van der Waals surface area contributed by atoms with E-state index in [2.05, 4.69) is 10.3 Å². The number of amides is 3. The molecular weight excluding hydrogens is 346 g/mol. The lowest BCUT2D eigenvalue weighted by Crippen LogP contribution is -2.36. The molecule has 7 heteroatoms. The molecule has 0 bridgehead atoms. The molecule has 0 saturated carbocycles. The maximum Gasteiger partial charge on any atom is 0.261 e. The number of hydrogen-bond donors (Lipinski definition) is 1. The van der Waals surface area contributed by atoms with Crippen LogP contribution in [0, 0.1) is 0 Å². The van der Waals surface area contributed by atoms with E-state index in [0.29, 0.717) is 24.3 Å². The molecule has 138 valence electrons. The fourth-order valence-electron chi connectivity index (χ4n) is 3.38. The van der Waals surface area contributed by atoms with Gasteiger partial charge in [0.15, 0.2) is 0 Å². The minimum atomic E-state index is -0.368. The van der Waals surface area contributed by atoms with Gasteiger partial charge >= 0.3 is 0 Å². The van der Waals surface area contributed by atoms with Crippen molar-refractivity contribution in [1.29, 1.82) is 0 Å². The van der Waals surface area contributed by atoms with E-state index < -0.39 is 0 Å². The first-order chi connectivity index (χ1) is 13.1. The molecule has 0 aliphatic carbocycles. The van der Waals surface area contributed by atoms with Crippen molar-refractivity contribution in [2.45, 2.75) is 25.5 Å². The highest BCUT2D eigenvalue weighted by molar-refractivity contribution is 6.22. The lowest BCUT2D eigenvalue weighted by atomic mass is 10.1. The van der Waals surface area contributed by atoms with Crippen molar-refractivity contribution in [3.05, 3.63) is 65.0 Å². The van der Waals surface area contributed by atoms with Crippen LogP contribution in [0.3, 0.4) is 0 Å². The molecule has 7 nitrogen and oxygen atoms in total. The largest absolute Gasteiger partial charge is 0.376 e. The third-order valence-corrected chi connectivity index (χ3v) is 4.82. The van der Waals surface area contributed by atoms with E-state index in [-0.39, 0.29) is 35.9 Å². The molecule has 0 spiro atoms. The molecule has 4 rings (SSSR count). The zero-order chi connectivity index (χ0) is 18.8. The molecule has 1 saturated heterocycles. The van der Waals surface area contributed by atoms with Crippen LogP contribution in [0.4, 0.5) is 0 Å². The molecule has 1 fully saturated rings. The number of rotatable bonds is 5.